The minimum Gasteiger partial charge on any atom is -0.472 e. The highest BCUT2D eigenvalue weighted by atomic mass is 32.1. The lowest BCUT2D eigenvalue weighted by Crippen LogP contribution is -2.15. The van der Waals surface area contributed by atoms with E-state index in [-0.39, 0.29) is 32.5 Å². The summed E-state index contributed by atoms with van der Waals surface area (Å²) in [5.74, 6) is 1.04. The van der Waals surface area contributed by atoms with Gasteiger partial charge in [-0.3, -0.25) is 0 Å². The number of hydrogen-bond acceptors (Lipinski definition) is 6. The molecule has 0 aliphatic rings. The Hall–Kier alpha value is -11.5. The Bertz CT molecular complexity index is 6210. The Morgan fingerprint density at radius 2 is 0.714 bits per heavy atom. The minimum atomic E-state index is 0.0558. The summed E-state index contributed by atoms with van der Waals surface area (Å²) >= 11 is 3.70. The van der Waals surface area contributed by atoms with Crippen molar-refractivity contribution in [2.45, 2.75) is 183 Å². The number of benzene rings is 12. The SMILES string of the molecule is CC(C)(C)c1cccc2c1oc1c(-c3ccccc3)cccc12.CC(C)(C)c1cccc2c1sc1c(-c3ccccc3)cccc12.CC(C)(C)c1cccc2oc3cccc(-c4ccccc4)c3c12.CC(C)(C)c1ccccc1-n1c2ccccc2c2ccccc21.CC(C)(C)c1ccco1.CC(C)(C)c1ccoc1.CC(C)(C)c1ccsc1. The van der Waals surface area contributed by atoms with E-state index in [1.807, 2.05) is 35.6 Å². The highest BCUT2D eigenvalue weighted by molar-refractivity contribution is 7.26. The van der Waals surface area contributed by atoms with Crippen LogP contribution in [0.2, 0.25) is 0 Å². The molecule has 119 heavy (non-hydrogen) atoms. The number of nitrogens with zero attached hydrogens (tertiary/aromatic N) is 1. The van der Waals surface area contributed by atoms with Gasteiger partial charge in [-0.05, 0) is 153 Å². The van der Waals surface area contributed by atoms with E-state index in [2.05, 4.69) is 434 Å². The van der Waals surface area contributed by atoms with Crippen LogP contribution in [0, 0.1) is 0 Å². The first-order valence-corrected chi connectivity index (χ1v) is 43.5. The van der Waals surface area contributed by atoms with Crippen LogP contribution in [0.1, 0.15) is 185 Å². The van der Waals surface area contributed by atoms with Gasteiger partial charge in [-0.15, -0.1) is 11.3 Å². The van der Waals surface area contributed by atoms with Gasteiger partial charge in [0.25, 0.3) is 0 Å². The monoisotopic (exact) mass is 1600 g/mol. The van der Waals surface area contributed by atoms with Gasteiger partial charge in [0.15, 0.2) is 0 Å². The number of aromatic nitrogens is 1. The van der Waals surface area contributed by atoms with Crippen molar-refractivity contribution >= 4 is 109 Å². The van der Waals surface area contributed by atoms with Crippen LogP contribution in [0.25, 0.3) is 125 Å². The molecule has 0 bridgehead atoms. The van der Waals surface area contributed by atoms with Crippen molar-refractivity contribution in [1.82, 2.24) is 4.57 Å². The van der Waals surface area contributed by atoms with Crippen molar-refractivity contribution in [3.05, 3.63) is 366 Å². The molecule has 0 radical (unpaired) electrons. The van der Waals surface area contributed by atoms with Crippen LogP contribution >= 0.6 is 22.7 Å². The van der Waals surface area contributed by atoms with Gasteiger partial charge in [0.1, 0.15) is 28.1 Å². The number of para-hydroxylation sites is 5. The smallest absolute Gasteiger partial charge is 0.143 e. The summed E-state index contributed by atoms with van der Waals surface area (Å²) in [5, 5.41) is 14.6. The van der Waals surface area contributed by atoms with E-state index in [1.165, 1.54) is 130 Å². The molecule has 19 aromatic rings. The second-order valence-corrected chi connectivity index (χ2v) is 39.9. The van der Waals surface area contributed by atoms with Crippen LogP contribution in [0.15, 0.2) is 344 Å². The summed E-state index contributed by atoms with van der Waals surface area (Å²) in [4.78, 5) is 0. The van der Waals surface area contributed by atoms with Crippen LogP contribution in [0.5, 0.6) is 0 Å². The van der Waals surface area contributed by atoms with Gasteiger partial charge in [-0.2, -0.15) is 11.3 Å². The topological polar surface area (TPSA) is 57.5 Å². The lowest BCUT2D eigenvalue weighted by Gasteiger charge is -2.24. The van der Waals surface area contributed by atoms with Crippen LogP contribution < -0.4 is 0 Å². The molecule has 0 aliphatic heterocycles. The van der Waals surface area contributed by atoms with Crippen molar-refractivity contribution in [3.8, 4) is 39.1 Å². The molecule has 0 spiro atoms. The zero-order valence-electron chi connectivity index (χ0n) is 73.6. The number of fused-ring (bicyclic) bond motifs is 12. The van der Waals surface area contributed by atoms with Crippen molar-refractivity contribution in [2.75, 3.05) is 0 Å². The average Bonchev–Trinajstić information content (AvgIpc) is 1.60. The normalized spacial score (nSPS) is 12.1. The standard InChI is InChI=1S/C22H21N.2C22H20O.C22H20S.2C8H12O.C8H12S/c1-22(2,3)18-12-6-9-15-21(18)23-19-13-7-4-10-16(19)17-11-5-8-14-20(17)23;1-22(2,3)17-12-8-14-19-21(17)20-16(11-7-13-18(20)23-19)15-9-5-4-6-10-15;2*1-22(2,3)19-14-8-13-18-17-12-7-11-16(20(17)23-21(18)19)15-9-5-4-6-10-15;1-8(2,3)7-4-5-9-6-7;1-8(2,3)7-5-4-6-9-7;1-8(2,3)7-4-5-9-6-7/h4-15H,1-3H3;3*4-14H,1-3H3;3*4-6H,1-3H3. The zero-order chi connectivity index (χ0) is 84.8. The molecule has 0 fully saturated rings. The summed E-state index contributed by atoms with van der Waals surface area (Å²) in [6.07, 6.45) is 5.21. The number of rotatable bonds is 4. The van der Waals surface area contributed by atoms with Crippen LogP contribution in [0.4, 0.5) is 0 Å². The van der Waals surface area contributed by atoms with Crippen molar-refractivity contribution in [1.29, 1.82) is 0 Å². The van der Waals surface area contributed by atoms with Gasteiger partial charge in [-0.25, -0.2) is 0 Å². The largest absolute Gasteiger partial charge is 0.472 e. The first kappa shape index (κ1) is 85.4. The second-order valence-electron chi connectivity index (χ2n) is 38.1. The van der Waals surface area contributed by atoms with Crippen molar-refractivity contribution in [3.63, 3.8) is 0 Å². The maximum Gasteiger partial charge on any atom is 0.143 e. The van der Waals surface area contributed by atoms with E-state index in [0.717, 1.165) is 33.7 Å². The third-order valence-corrected chi connectivity index (χ3v) is 23.8. The lowest BCUT2D eigenvalue weighted by atomic mass is 9.83. The Labute approximate surface area is 714 Å². The predicted molar refractivity (Wildman–Crippen MR) is 516 cm³/mol. The van der Waals surface area contributed by atoms with E-state index < -0.39 is 0 Å². The zero-order valence-corrected chi connectivity index (χ0v) is 75.2. The molecule has 7 heteroatoms. The molecule has 19 rings (SSSR count). The second kappa shape index (κ2) is 35.2. The molecule has 606 valence electrons. The predicted octanol–water partition coefficient (Wildman–Crippen LogP) is 34.4. The molecule has 0 saturated carbocycles. The van der Waals surface area contributed by atoms with E-state index in [1.54, 1.807) is 30.1 Å². The third-order valence-electron chi connectivity index (χ3n) is 21.8. The first-order chi connectivity index (χ1) is 56.6. The average molecular weight is 1610 g/mol. The summed E-state index contributed by atoms with van der Waals surface area (Å²) in [6, 6.07) is 105. The van der Waals surface area contributed by atoms with Gasteiger partial charge in [0.2, 0.25) is 0 Å². The van der Waals surface area contributed by atoms with Gasteiger partial charge < -0.3 is 22.2 Å². The molecule has 0 aliphatic carbocycles. The fraction of sp³-hybridized carbons (Fsp3) is 0.250. The van der Waals surface area contributed by atoms with Crippen LogP contribution in [0.3, 0.4) is 0 Å². The fourth-order valence-electron chi connectivity index (χ4n) is 15.4. The summed E-state index contributed by atoms with van der Waals surface area (Å²) < 4.78 is 27.9. The first-order valence-electron chi connectivity index (χ1n) is 41.7. The molecule has 5 nitrogen and oxygen atoms in total. The quantitative estimate of drug-likeness (QED) is 0.176. The van der Waals surface area contributed by atoms with Gasteiger partial charge >= 0.3 is 0 Å². The number of thiophene rings is 2. The maximum atomic E-state index is 6.40. The lowest BCUT2D eigenvalue weighted by molar-refractivity contribution is 0.409. The van der Waals surface area contributed by atoms with Gasteiger partial charge in [0, 0.05) is 74.7 Å². The highest BCUT2D eigenvalue weighted by Gasteiger charge is 2.27. The maximum absolute atomic E-state index is 6.40. The Balaban J connectivity index is 0.000000124. The molecular formula is C112H117NO4S2. The molecule has 0 amide bonds. The van der Waals surface area contributed by atoms with Crippen LogP contribution in [-0.4, -0.2) is 4.57 Å². The van der Waals surface area contributed by atoms with E-state index in [0.29, 0.717) is 5.41 Å². The molecule has 0 atom stereocenters. The molecule has 7 aromatic heterocycles. The molecular weight excluding hydrogens is 1490 g/mol. The van der Waals surface area contributed by atoms with Gasteiger partial charge in [-0.1, -0.05) is 388 Å². The number of hydrogen-bond donors (Lipinski definition) is 0. The van der Waals surface area contributed by atoms with E-state index >= 15 is 0 Å². The van der Waals surface area contributed by atoms with Crippen LogP contribution in [-0.2, 0) is 37.9 Å². The molecule has 7 heterocycles. The highest BCUT2D eigenvalue weighted by Crippen LogP contribution is 2.47. The minimum absolute atomic E-state index is 0.0558. The number of furan rings is 4. The summed E-state index contributed by atoms with van der Waals surface area (Å²) in [5.41, 5.74) is 24.3. The molecule has 0 N–H and O–H groups in total. The van der Waals surface area contributed by atoms with Crippen molar-refractivity contribution in [2.24, 2.45) is 0 Å². The molecule has 0 saturated heterocycles. The van der Waals surface area contributed by atoms with Gasteiger partial charge in [0.05, 0.1) is 29.8 Å². The van der Waals surface area contributed by atoms with Crippen molar-refractivity contribution < 1.29 is 17.7 Å². The molecule has 12 aromatic carbocycles. The van der Waals surface area contributed by atoms with E-state index in [9.17, 15) is 0 Å². The molecule has 0 unspecified atom stereocenters. The Morgan fingerprint density at radius 3 is 1.21 bits per heavy atom. The third kappa shape index (κ3) is 19.5. The summed E-state index contributed by atoms with van der Waals surface area (Å²) in [6.45, 7) is 46.8. The Kier molecular flexibility index (Phi) is 25.3. The Morgan fingerprint density at radius 1 is 0.277 bits per heavy atom. The summed E-state index contributed by atoms with van der Waals surface area (Å²) in [7, 11) is 0. The fourth-order valence-corrected chi connectivity index (χ4v) is 17.9. The van der Waals surface area contributed by atoms with E-state index in [4.69, 9.17) is 17.7 Å².